The molecule has 144 valence electrons. The van der Waals surface area contributed by atoms with Crippen LogP contribution in [0.4, 0.5) is 0 Å². The molecule has 0 aliphatic carbocycles. The smallest absolute Gasteiger partial charge is 0.276 e. The molecule has 0 amide bonds. The normalized spacial score (nSPS) is 11.5. The molecule has 3 aromatic carbocycles. The average molecular weight is 394 g/mol. The first-order chi connectivity index (χ1) is 13.4. The Labute approximate surface area is 165 Å². The van der Waals surface area contributed by atoms with Gasteiger partial charge in [0, 0.05) is 0 Å². The molecule has 0 unspecified atom stereocenters. The molecular weight excluding hydrogens is 372 g/mol. The zero-order valence-electron chi connectivity index (χ0n) is 15.8. The number of sulfonamides is 1. The van der Waals surface area contributed by atoms with Gasteiger partial charge in [-0.05, 0) is 66.9 Å². The number of aryl methyl sites for hydroxylation is 2. The molecule has 0 atom stereocenters. The predicted octanol–water partition coefficient (Wildman–Crippen LogP) is 4.19. The van der Waals surface area contributed by atoms with Gasteiger partial charge in [0.25, 0.3) is 10.0 Å². The first kappa shape index (κ1) is 19.6. The number of nitrogens with zero attached hydrogens (tertiary/aromatic N) is 1. The van der Waals surface area contributed by atoms with Crippen LogP contribution < -0.4 is 9.57 Å². The second kappa shape index (κ2) is 8.71. The Bertz CT molecular complexity index is 1060. The number of ether oxygens (including phenoxy) is 1. The summed E-state index contributed by atoms with van der Waals surface area (Å²) >= 11 is 0. The van der Waals surface area contributed by atoms with Crippen LogP contribution >= 0.6 is 0 Å². The molecule has 0 bridgehead atoms. The van der Waals surface area contributed by atoms with Crippen LogP contribution in [-0.2, 0) is 16.6 Å². The molecule has 0 spiro atoms. The summed E-state index contributed by atoms with van der Waals surface area (Å²) in [6.07, 6.45) is 1.46. The molecule has 0 aromatic heterocycles. The highest BCUT2D eigenvalue weighted by Crippen LogP contribution is 2.15. The summed E-state index contributed by atoms with van der Waals surface area (Å²) in [5.41, 5.74) is 4.08. The van der Waals surface area contributed by atoms with Crippen LogP contribution in [0.2, 0.25) is 0 Å². The number of benzene rings is 3. The third kappa shape index (κ3) is 5.20. The molecule has 6 heteroatoms. The van der Waals surface area contributed by atoms with Crippen LogP contribution in [-0.4, -0.2) is 14.6 Å². The standard InChI is InChI=1S/C22H22N2O3S/c1-17-7-13-22(14-8-17)28(25,26)24-23-15-19-9-11-21(12-10-19)27-16-20-6-4-3-5-18(20)2/h3-15,24H,16H2,1-2H3/b23-15-. The lowest BCUT2D eigenvalue weighted by Gasteiger charge is -2.08. The third-order valence-electron chi connectivity index (χ3n) is 4.25. The second-order valence-electron chi connectivity index (χ2n) is 6.45. The maximum absolute atomic E-state index is 12.2. The van der Waals surface area contributed by atoms with Crippen LogP contribution in [0.5, 0.6) is 5.75 Å². The second-order valence-corrected chi connectivity index (χ2v) is 8.11. The number of hydrogen-bond donors (Lipinski definition) is 1. The summed E-state index contributed by atoms with van der Waals surface area (Å²) in [7, 11) is -3.67. The molecule has 0 saturated carbocycles. The van der Waals surface area contributed by atoms with Gasteiger partial charge in [0.05, 0.1) is 11.1 Å². The highest BCUT2D eigenvalue weighted by molar-refractivity contribution is 7.89. The van der Waals surface area contributed by atoms with Gasteiger partial charge < -0.3 is 4.74 Å². The largest absolute Gasteiger partial charge is 0.489 e. The average Bonchev–Trinajstić information content (AvgIpc) is 2.69. The minimum Gasteiger partial charge on any atom is -0.489 e. The van der Waals surface area contributed by atoms with Crippen molar-refractivity contribution in [1.82, 2.24) is 4.83 Å². The Balaban J connectivity index is 1.58. The van der Waals surface area contributed by atoms with Gasteiger partial charge in [-0.25, -0.2) is 4.83 Å². The molecule has 5 nitrogen and oxygen atoms in total. The zero-order valence-corrected chi connectivity index (χ0v) is 16.6. The van der Waals surface area contributed by atoms with Crippen molar-refractivity contribution in [3.05, 3.63) is 95.1 Å². The fourth-order valence-electron chi connectivity index (χ4n) is 2.52. The van der Waals surface area contributed by atoms with Gasteiger partial charge in [0.2, 0.25) is 0 Å². The Hall–Kier alpha value is -3.12. The minimum absolute atomic E-state index is 0.176. The van der Waals surface area contributed by atoms with Crippen molar-refractivity contribution < 1.29 is 13.2 Å². The van der Waals surface area contributed by atoms with Crippen LogP contribution in [0.1, 0.15) is 22.3 Å². The summed E-state index contributed by atoms with van der Waals surface area (Å²) < 4.78 is 30.2. The first-order valence-corrected chi connectivity index (χ1v) is 10.3. The Morgan fingerprint density at radius 2 is 1.61 bits per heavy atom. The van der Waals surface area contributed by atoms with Crippen molar-refractivity contribution in [1.29, 1.82) is 0 Å². The van der Waals surface area contributed by atoms with E-state index in [4.69, 9.17) is 4.74 Å². The lowest BCUT2D eigenvalue weighted by atomic mass is 10.1. The topological polar surface area (TPSA) is 67.8 Å². The van der Waals surface area contributed by atoms with Crippen LogP contribution in [0.15, 0.2) is 82.8 Å². The third-order valence-corrected chi connectivity index (χ3v) is 5.49. The highest BCUT2D eigenvalue weighted by Gasteiger charge is 2.11. The fraction of sp³-hybridized carbons (Fsp3) is 0.136. The molecule has 0 aliphatic rings. The van der Waals surface area contributed by atoms with E-state index in [9.17, 15) is 8.42 Å². The SMILES string of the molecule is Cc1ccc(S(=O)(=O)N/N=C\c2ccc(OCc3ccccc3C)cc2)cc1. The summed E-state index contributed by atoms with van der Waals surface area (Å²) in [5.74, 6) is 0.737. The van der Waals surface area contributed by atoms with Crippen LogP contribution in [0.25, 0.3) is 0 Å². The molecule has 0 fully saturated rings. The minimum atomic E-state index is -3.67. The molecule has 0 heterocycles. The number of rotatable bonds is 7. The van der Waals surface area contributed by atoms with Gasteiger partial charge in [0.15, 0.2) is 0 Å². The van der Waals surface area contributed by atoms with Crippen molar-refractivity contribution in [2.24, 2.45) is 5.10 Å². The molecule has 28 heavy (non-hydrogen) atoms. The molecular formula is C22H22N2O3S. The highest BCUT2D eigenvalue weighted by atomic mass is 32.2. The van der Waals surface area contributed by atoms with E-state index >= 15 is 0 Å². The van der Waals surface area contributed by atoms with Crippen LogP contribution in [0.3, 0.4) is 0 Å². The Morgan fingerprint density at radius 3 is 2.29 bits per heavy atom. The Kier molecular flexibility index (Phi) is 6.11. The van der Waals surface area contributed by atoms with Crippen molar-refractivity contribution in [2.45, 2.75) is 25.3 Å². The van der Waals surface area contributed by atoms with Gasteiger partial charge in [-0.2, -0.15) is 13.5 Å². The van der Waals surface area contributed by atoms with Crippen molar-refractivity contribution >= 4 is 16.2 Å². The van der Waals surface area contributed by atoms with Gasteiger partial charge in [-0.15, -0.1) is 0 Å². The van der Waals surface area contributed by atoms with E-state index in [1.165, 1.54) is 11.8 Å². The maximum atomic E-state index is 12.2. The van der Waals surface area contributed by atoms with Crippen LogP contribution in [0, 0.1) is 13.8 Å². The van der Waals surface area contributed by atoms with E-state index in [0.717, 1.165) is 22.4 Å². The van der Waals surface area contributed by atoms with Crippen molar-refractivity contribution in [3.8, 4) is 5.75 Å². The van der Waals surface area contributed by atoms with Gasteiger partial charge in [-0.3, -0.25) is 0 Å². The van der Waals surface area contributed by atoms with E-state index in [1.54, 1.807) is 24.3 Å². The molecule has 0 aliphatic heterocycles. The molecule has 0 saturated heterocycles. The van der Waals surface area contributed by atoms with E-state index in [2.05, 4.69) is 22.9 Å². The molecule has 3 rings (SSSR count). The van der Waals surface area contributed by atoms with E-state index in [0.29, 0.717) is 6.61 Å². The summed E-state index contributed by atoms with van der Waals surface area (Å²) in [4.78, 5) is 2.40. The maximum Gasteiger partial charge on any atom is 0.276 e. The Morgan fingerprint density at radius 1 is 0.929 bits per heavy atom. The lowest BCUT2D eigenvalue weighted by Crippen LogP contribution is -2.18. The van der Waals surface area contributed by atoms with Crippen molar-refractivity contribution in [3.63, 3.8) is 0 Å². The van der Waals surface area contributed by atoms with Crippen molar-refractivity contribution in [2.75, 3.05) is 0 Å². The molecule has 0 radical (unpaired) electrons. The van der Waals surface area contributed by atoms with Gasteiger partial charge >= 0.3 is 0 Å². The fourth-order valence-corrected chi connectivity index (χ4v) is 3.31. The van der Waals surface area contributed by atoms with E-state index in [-0.39, 0.29) is 4.90 Å². The summed E-state index contributed by atoms with van der Waals surface area (Å²) in [6, 6.07) is 22.0. The predicted molar refractivity (Wildman–Crippen MR) is 111 cm³/mol. The van der Waals surface area contributed by atoms with Gasteiger partial charge in [0.1, 0.15) is 12.4 Å². The summed E-state index contributed by atoms with van der Waals surface area (Å²) in [5, 5.41) is 3.84. The monoisotopic (exact) mass is 394 g/mol. The zero-order chi connectivity index (χ0) is 20.0. The number of hydrogen-bond acceptors (Lipinski definition) is 4. The molecule has 3 aromatic rings. The summed E-state index contributed by atoms with van der Waals surface area (Å²) in [6.45, 7) is 4.45. The molecule has 1 N–H and O–H groups in total. The van der Waals surface area contributed by atoms with Gasteiger partial charge in [-0.1, -0.05) is 42.0 Å². The van der Waals surface area contributed by atoms with E-state index < -0.39 is 10.0 Å². The van der Waals surface area contributed by atoms with E-state index in [1.807, 2.05) is 49.4 Å². The number of hydrazone groups is 1. The first-order valence-electron chi connectivity index (χ1n) is 8.83. The lowest BCUT2D eigenvalue weighted by molar-refractivity contribution is 0.305. The quantitative estimate of drug-likeness (QED) is 0.482. The number of nitrogens with one attached hydrogen (secondary N) is 1.